The minimum Gasteiger partial charge on any atom is -0.393 e. The summed E-state index contributed by atoms with van der Waals surface area (Å²) in [6.07, 6.45) is 1.75. The van der Waals surface area contributed by atoms with E-state index in [4.69, 9.17) is 5.11 Å². The fourth-order valence-corrected chi connectivity index (χ4v) is 1.05. The van der Waals surface area contributed by atoms with Crippen molar-refractivity contribution in [2.24, 2.45) is 0 Å². The molecule has 1 saturated carbocycles. The standard InChI is InChI=1S/C4H8OS/c5-3-1-4(6)2-3/h3-6H,1-2H2/t3-,4-. The number of rotatable bonds is 0. The van der Waals surface area contributed by atoms with Crippen LogP contribution in [-0.2, 0) is 0 Å². The maximum Gasteiger partial charge on any atom is 0.0561 e. The Morgan fingerprint density at radius 1 is 1.50 bits per heavy atom. The molecule has 0 radical (unpaired) electrons. The largest absolute Gasteiger partial charge is 0.393 e. The second-order valence-corrected chi connectivity index (χ2v) is 2.51. The van der Waals surface area contributed by atoms with Gasteiger partial charge in [-0.15, -0.1) is 0 Å². The van der Waals surface area contributed by atoms with E-state index < -0.39 is 0 Å². The van der Waals surface area contributed by atoms with Crippen LogP contribution in [0.1, 0.15) is 12.8 Å². The van der Waals surface area contributed by atoms with Crippen LogP contribution in [0.2, 0.25) is 0 Å². The Labute approximate surface area is 42.8 Å². The summed E-state index contributed by atoms with van der Waals surface area (Å²) < 4.78 is 0. The number of thiol groups is 1. The van der Waals surface area contributed by atoms with Gasteiger partial charge in [-0.05, 0) is 12.8 Å². The number of aliphatic hydroxyl groups excluding tert-OH is 1. The van der Waals surface area contributed by atoms with Gasteiger partial charge in [0.1, 0.15) is 0 Å². The molecule has 1 nitrogen and oxygen atoms in total. The highest BCUT2D eigenvalue weighted by molar-refractivity contribution is 7.81. The van der Waals surface area contributed by atoms with Gasteiger partial charge in [-0.2, -0.15) is 12.6 Å². The van der Waals surface area contributed by atoms with Crippen molar-refractivity contribution < 1.29 is 5.11 Å². The van der Waals surface area contributed by atoms with E-state index in [2.05, 4.69) is 12.6 Å². The molecule has 0 aromatic carbocycles. The zero-order chi connectivity index (χ0) is 4.57. The van der Waals surface area contributed by atoms with E-state index in [1.165, 1.54) is 0 Å². The van der Waals surface area contributed by atoms with Gasteiger partial charge in [0.15, 0.2) is 0 Å². The molecule has 0 aliphatic heterocycles. The summed E-state index contributed by atoms with van der Waals surface area (Å²) in [7, 11) is 0. The van der Waals surface area contributed by atoms with E-state index in [0.717, 1.165) is 12.8 Å². The predicted octanol–water partition coefficient (Wildman–Crippen LogP) is 0.440. The van der Waals surface area contributed by atoms with Crippen molar-refractivity contribution in [2.45, 2.75) is 24.2 Å². The number of aliphatic hydroxyl groups is 1. The lowest BCUT2D eigenvalue weighted by Gasteiger charge is -2.26. The summed E-state index contributed by atoms with van der Waals surface area (Å²) in [6, 6.07) is 0. The Kier molecular flexibility index (Phi) is 1.06. The van der Waals surface area contributed by atoms with Crippen LogP contribution in [0, 0.1) is 0 Å². The number of hydrogen-bond donors (Lipinski definition) is 2. The van der Waals surface area contributed by atoms with E-state index in [9.17, 15) is 0 Å². The third-order valence-corrected chi connectivity index (χ3v) is 1.51. The molecule has 1 aliphatic rings. The Hall–Kier alpha value is 0.310. The number of hydrogen-bond acceptors (Lipinski definition) is 2. The van der Waals surface area contributed by atoms with Gasteiger partial charge in [-0.25, -0.2) is 0 Å². The highest BCUT2D eigenvalue weighted by atomic mass is 32.1. The van der Waals surface area contributed by atoms with Crippen LogP contribution < -0.4 is 0 Å². The Morgan fingerprint density at radius 2 is 2.00 bits per heavy atom. The highest BCUT2D eigenvalue weighted by Crippen LogP contribution is 2.23. The molecule has 1 fully saturated rings. The van der Waals surface area contributed by atoms with Crippen molar-refractivity contribution in [1.82, 2.24) is 0 Å². The summed E-state index contributed by atoms with van der Waals surface area (Å²) in [6.45, 7) is 0. The second-order valence-electron chi connectivity index (χ2n) is 1.78. The van der Waals surface area contributed by atoms with Gasteiger partial charge in [0, 0.05) is 5.25 Å². The van der Waals surface area contributed by atoms with Gasteiger partial charge in [0.25, 0.3) is 0 Å². The van der Waals surface area contributed by atoms with Gasteiger partial charge in [-0.3, -0.25) is 0 Å². The van der Waals surface area contributed by atoms with Crippen LogP contribution in [0.25, 0.3) is 0 Å². The first-order chi connectivity index (χ1) is 2.79. The zero-order valence-electron chi connectivity index (χ0n) is 3.46. The second kappa shape index (κ2) is 1.43. The normalized spacial score (nSPS) is 45.0. The SMILES string of the molecule is O[C@H]1C[C@H](S)C1. The molecule has 1 aliphatic carbocycles. The van der Waals surface area contributed by atoms with Crippen LogP contribution in [0.4, 0.5) is 0 Å². The maximum absolute atomic E-state index is 8.57. The molecule has 0 spiro atoms. The lowest BCUT2D eigenvalue weighted by molar-refractivity contribution is 0.101. The average Bonchev–Trinajstić information content (AvgIpc) is 1.33. The van der Waals surface area contributed by atoms with Crippen molar-refractivity contribution in [1.29, 1.82) is 0 Å². The minimum absolute atomic E-state index is 0.0347. The molecule has 2 heteroatoms. The molecule has 0 amide bonds. The summed E-state index contributed by atoms with van der Waals surface area (Å²) in [4.78, 5) is 0. The predicted molar refractivity (Wildman–Crippen MR) is 28.0 cm³/mol. The van der Waals surface area contributed by atoms with E-state index in [-0.39, 0.29) is 6.10 Å². The molecular weight excluding hydrogens is 96.1 g/mol. The molecule has 0 aromatic heterocycles. The zero-order valence-corrected chi connectivity index (χ0v) is 4.36. The summed E-state index contributed by atoms with van der Waals surface area (Å²) in [5.41, 5.74) is 0. The third kappa shape index (κ3) is 0.684. The lowest BCUT2D eigenvalue weighted by Crippen LogP contribution is -2.28. The fraction of sp³-hybridized carbons (Fsp3) is 1.00. The summed E-state index contributed by atoms with van der Waals surface area (Å²) >= 11 is 4.08. The molecule has 0 aromatic rings. The molecular formula is C4H8OS. The summed E-state index contributed by atoms with van der Waals surface area (Å²) in [5.74, 6) is 0. The minimum atomic E-state index is -0.0347. The van der Waals surface area contributed by atoms with Crippen LogP contribution >= 0.6 is 12.6 Å². The molecule has 1 rings (SSSR count). The van der Waals surface area contributed by atoms with Crippen molar-refractivity contribution in [3.05, 3.63) is 0 Å². The van der Waals surface area contributed by atoms with E-state index in [1.807, 2.05) is 0 Å². The molecule has 36 valence electrons. The molecule has 0 unspecified atom stereocenters. The average molecular weight is 104 g/mol. The third-order valence-electron chi connectivity index (χ3n) is 1.09. The molecule has 6 heavy (non-hydrogen) atoms. The first kappa shape index (κ1) is 4.47. The first-order valence-electron chi connectivity index (χ1n) is 2.15. The van der Waals surface area contributed by atoms with Gasteiger partial charge >= 0.3 is 0 Å². The fourth-order valence-electron chi connectivity index (χ4n) is 0.559. The van der Waals surface area contributed by atoms with E-state index >= 15 is 0 Å². The van der Waals surface area contributed by atoms with Gasteiger partial charge < -0.3 is 5.11 Å². The van der Waals surface area contributed by atoms with Crippen molar-refractivity contribution in [3.8, 4) is 0 Å². The van der Waals surface area contributed by atoms with Gasteiger partial charge in [-0.1, -0.05) is 0 Å². The monoisotopic (exact) mass is 104 g/mol. The lowest BCUT2D eigenvalue weighted by atomic mass is 9.96. The van der Waals surface area contributed by atoms with E-state index in [1.54, 1.807) is 0 Å². The molecule has 0 heterocycles. The molecule has 0 atom stereocenters. The van der Waals surface area contributed by atoms with Crippen LogP contribution in [0.5, 0.6) is 0 Å². The smallest absolute Gasteiger partial charge is 0.0561 e. The van der Waals surface area contributed by atoms with E-state index in [0.29, 0.717) is 5.25 Å². The Morgan fingerprint density at radius 3 is 2.00 bits per heavy atom. The van der Waals surface area contributed by atoms with Gasteiger partial charge in [0.05, 0.1) is 6.10 Å². The highest BCUT2D eigenvalue weighted by Gasteiger charge is 2.22. The van der Waals surface area contributed by atoms with Crippen molar-refractivity contribution in [3.63, 3.8) is 0 Å². The van der Waals surface area contributed by atoms with Crippen LogP contribution in [-0.4, -0.2) is 16.5 Å². The topological polar surface area (TPSA) is 20.2 Å². The Balaban J connectivity index is 2.11. The summed E-state index contributed by atoms with van der Waals surface area (Å²) in [5, 5.41) is 9.06. The Bertz CT molecular complexity index is 43.5. The quantitative estimate of drug-likeness (QED) is 0.427. The van der Waals surface area contributed by atoms with Crippen molar-refractivity contribution >= 4 is 12.6 Å². The van der Waals surface area contributed by atoms with Gasteiger partial charge in [0.2, 0.25) is 0 Å². The van der Waals surface area contributed by atoms with Crippen molar-refractivity contribution in [2.75, 3.05) is 0 Å². The first-order valence-corrected chi connectivity index (χ1v) is 2.67. The maximum atomic E-state index is 8.57. The molecule has 0 bridgehead atoms. The molecule has 0 saturated heterocycles. The van der Waals surface area contributed by atoms with Crippen LogP contribution in [0.15, 0.2) is 0 Å². The molecule has 1 N–H and O–H groups in total. The van der Waals surface area contributed by atoms with Crippen LogP contribution in [0.3, 0.4) is 0 Å².